The van der Waals surface area contributed by atoms with Crippen molar-refractivity contribution >= 4 is 40.0 Å². The van der Waals surface area contributed by atoms with Crippen molar-refractivity contribution in [1.29, 1.82) is 0 Å². The highest BCUT2D eigenvalue weighted by molar-refractivity contribution is 7.15. The van der Waals surface area contributed by atoms with E-state index in [-0.39, 0.29) is 6.03 Å². The number of carbonyl (C=O) groups is 2. The number of anilines is 3. The van der Waals surface area contributed by atoms with Gasteiger partial charge in [-0.05, 0) is 58.0 Å². The number of aryl methyl sites for hydroxylation is 1. The number of piperidine rings is 1. The smallest absolute Gasteiger partial charge is 0.407 e. The maximum Gasteiger partial charge on any atom is 0.407 e. The van der Waals surface area contributed by atoms with Crippen molar-refractivity contribution < 1.29 is 14.3 Å². The van der Waals surface area contributed by atoms with E-state index in [4.69, 9.17) is 4.74 Å². The Morgan fingerprint density at radius 3 is 2.72 bits per heavy atom. The summed E-state index contributed by atoms with van der Waals surface area (Å²) in [5.74, 6) is 0. The Hall–Kier alpha value is -2.85. The summed E-state index contributed by atoms with van der Waals surface area (Å²) in [7, 11) is 3.83. The van der Waals surface area contributed by atoms with Crippen LogP contribution in [-0.4, -0.2) is 62.3 Å². The average Bonchev–Trinajstić information content (AvgIpc) is 3.21. The molecular weight excluding hydrogens is 428 g/mol. The molecule has 3 amide bonds. The van der Waals surface area contributed by atoms with Gasteiger partial charge in [-0.3, -0.25) is 5.32 Å². The molecule has 3 rings (SSSR count). The molecule has 32 heavy (non-hydrogen) atoms. The van der Waals surface area contributed by atoms with Crippen molar-refractivity contribution in [2.24, 2.45) is 0 Å². The van der Waals surface area contributed by atoms with Gasteiger partial charge in [0.25, 0.3) is 0 Å². The van der Waals surface area contributed by atoms with E-state index in [0.717, 1.165) is 34.9 Å². The fourth-order valence-corrected chi connectivity index (χ4v) is 4.12. The van der Waals surface area contributed by atoms with Gasteiger partial charge in [-0.2, -0.15) is 0 Å². The molecule has 9 nitrogen and oxygen atoms in total. The lowest BCUT2D eigenvalue weighted by molar-refractivity contribution is 0.136. The Morgan fingerprint density at radius 2 is 1.97 bits per heavy atom. The summed E-state index contributed by atoms with van der Waals surface area (Å²) in [6.45, 7) is 5.34. The van der Waals surface area contributed by atoms with Crippen molar-refractivity contribution in [3.05, 3.63) is 34.8 Å². The second-order valence-electron chi connectivity index (χ2n) is 8.07. The second kappa shape index (κ2) is 11.7. The molecule has 10 heteroatoms. The zero-order chi connectivity index (χ0) is 22.9. The minimum atomic E-state index is -0.475. The Bertz CT molecular complexity index is 911. The van der Waals surface area contributed by atoms with Gasteiger partial charge in [0.1, 0.15) is 6.61 Å². The predicted octanol–water partition coefficient (Wildman–Crippen LogP) is 3.87. The lowest BCUT2D eigenvalue weighted by Crippen LogP contribution is -2.31. The molecule has 0 saturated carbocycles. The summed E-state index contributed by atoms with van der Waals surface area (Å²) in [5.41, 5.74) is 3.00. The van der Waals surface area contributed by atoms with Crippen LogP contribution in [0.25, 0.3) is 0 Å². The molecule has 0 atom stereocenters. The van der Waals surface area contributed by atoms with Crippen LogP contribution in [0, 0.1) is 6.92 Å². The van der Waals surface area contributed by atoms with Crippen LogP contribution in [0.1, 0.15) is 29.7 Å². The van der Waals surface area contributed by atoms with Gasteiger partial charge in [0.05, 0.1) is 17.9 Å². The molecule has 174 valence electrons. The summed E-state index contributed by atoms with van der Waals surface area (Å²) in [6, 6.07) is 5.71. The molecule has 0 radical (unpaired) electrons. The molecule has 1 aliphatic rings. The van der Waals surface area contributed by atoms with Gasteiger partial charge in [0.2, 0.25) is 0 Å². The summed E-state index contributed by atoms with van der Waals surface area (Å²) in [6.07, 6.45) is 4.74. The van der Waals surface area contributed by atoms with Gasteiger partial charge >= 0.3 is 12.1 Å². The van der Waals surface area contributed by atoms with Crippen molar-refractivity contribution in [2.45, 2.75) is 32.7 Å². The highest BCUT2D eigenvalue weighted by Gasteiger charge is 2.17. The van der Waals surface area contributed by atoms with Crippen molar-refractivity contribution in [1.82, 2.24) is 15.2 Å². The Balaban J connectivity index is 1.51. The van der Waals surface area contributed by atoms with Crippen LogP contribution < -0.4 is 20.9 Å². The van der Waals surface area contributed by atoms with Crippen LogP contribution in [-0.2, 0) is 11.3 Å². The van der Waals surface area contributed by atoms with E-state index in [2.05, 4.69) is 38.8 Å². The molecule has 2 heterocycles. The number of hydrogen-bond acceptors (Lipinski definition) is 7. The second-order valence-corrected chi connectivity index (χ2v) is 9.19. The normalized spacial score (nSPS) is 13.7. The van der Waals surface area contributed by atoms with E-state index in [1.165, 1.54) is 30.6 Å². The largest absolute Gasteiger partial charge is 0.448 e. The number of benzene rings is 1. The van der Waals surface area contributed by atoms with Gasteiger partial charge in [0.15, 0.2) is 5.13 Å². The summed E-state index contributed by atoms with van der Waals surface area (Å²) >= 11 is 1.31. The molecule has 0 spiro atoms. The number of likely N-dealkylation sites (N-methyl/N-ethyl adjacent to an activating group) is 1. The number of rotatable bonds is 8. The number of nitrogens with one attached hydrogen (secondary N) is 3. The summed E-state index contributed by atoms with van der Waals surface area (Å²) < 4.78 is 5.09. The fraction of sp³-hybridized carbons (Fsp3) is 0.500. The number of urea groups is 1. The van der Waals surface area contributed by atoms with Gasteiger partial charge in [-0.1, -0.05) is 17.4 Å². The van der Waals surface area contributed by atoms with E-state index in [1.807, 2.05) is 31.1 Å². The third kappa shape index (κ3) is 7.38. The molecule has 1 aromatic heterocycles. The van der Waals surface area contributed by atoms with E-state index in [9.17, 15) is 9.59 Å². The molecular formula is C22H32N6O3S. The van der Waals surface area contributed by atoms with Gasteiger partial charge in [-0.15, -0.1) is 0 Å². The zero-order valence-electron chi connectivity index (χ0n) is 18.9. The molecule has 1 saturated heterocycles. The maximum absolute atomic E-state index is 12.6. The lowest BCUT2D eigenvalue weighted by atomic mass is 10.1. The van der Waals surface area contributed by atoms with E-state index < -0.39 is 6.09 Å². The number of thiazole rings is 1. The number of aromatic nitrogens is 1. The van der Waals surface area contributed by atoms with Crippen LogP contribution in [0.4, 0.5) is 26.1 Å². The highest BCUT2D eigenvalue weighted by atomic mass is 32.1. The van der Waals surface area contributed by atoms with Crippen LogP contribution >= 0.6 is 11.3 Å². The number of carbonyl (C=O) groups excluding carboxylic acids is 2. The quantitative estimate of drug-likeness (QED) is 0.553. The topological polar surface area (TPSA) is 98.8 Å². The summed E-state index contributed by atoms with van der Waals surface area (Å²) in [4.78, 5) is 33.6. The lowest BCUT2D eigenvalue weighted by Gasteiger charge is -2.30. The average molecular weight is 461 g/mol. The Kier molecular flexibility index (Phi) is 8.69. The number of hydrogen-bond donors (Lipinski definition) is 3. The van der Waals surface area contributed by atoms with Gasteiger partial charge in [-0.25, -0.2) is 14.6 Å². The van der Waals surface area contributed by atoms with Crippen LogP contribution in [0.2, 0.25) is 0 Å². The van der Waals surface area contributed by atoms with E-state index >= 15 is 0 Å². The molecule has 0 unspecified atom stereocenters. The van der Waals surface area contributed by atoms with Crippen molar-refractivity contribution in [3.63, 3.8) is 0 Å². The molecule has 1 fully saturated rings. The molecule has 1 aromatic carbocycles. The fourth-order valence-electron chi connectivity index (χ4n) is 3.37. The SMILES string of the molecule is Cc1ccc(NC(=O)Nc2ncc(CNC(=O)OCCN(C)C)s2)c(N2CCCCC2)c1. The molecule has 0 aliphatic carbocycles. The minimum Gasteiger partial charge on any atom is -0.448 e. The zero-order valence-corrected chi connectivity index (χ0v) is 19.8. The first-order valence-corrected chi connectivity index (χ1v) is 11.7. The predicted molar refractivity (Wildman–Crippen MR) is 129 cm³/mol. The van der Waals surface area contributed by atoms with E-state index in [1.54, 1.807) is 6.20 Å². The molecule has 3 N–H and O–H groups in total. The van der Waals surface area contributed by atoms with Crippen LogP contribution in [0.5, 0.6) is 0 Å². The first kappa shape index (κ1) is 23.8. The minimum absolute atomic E-state index is 0.291. The molecule has 1 aliphatic heterocycles. The van der Waals surface area contributed by atoms with Gasteiger partial charge in [0, 0.05) is 30.7 Å². The Morgan fingerprint density at radius 1 is 1.19 bits per heavy atom. The maximum atomic E-state index is 12.6. The van der Waals surface area contributed by atoms with Crippen molar-refractivity contribution in [3.8, 4) is 0 Å². The van der Waals surface area contributed by atoms with E-state index in [0.29, 0.717) is 24.8 Å². The number of nitrogens with zero attached hydrogens (tertiary/aromatic N) is 3. The number of alkyl carbamates (subject to hydrolysis) is 1. The monoisotopic (exact) mass is 460 g/mol. The first-order chi connectivity index (χ1) is 15.4. The van der Waals surface area contributed by atoms with Crippen molar-refractivity contribution in [2.75, 3.05) is 55.9 Å². The highest BCUT2D eigenvalue weighted by Crippen LogP contribution is 2.30. The molecule has 2 aromatic rings. The number of amides is 3. The van der Waals surface area contributed by atoms with Gasteiger partial charge < -0.3 is 25.2 Å². The summed E-state index contributed by atoms with van der Waals surface area (Å²) in [5, 5.41) is 8.89. The number of ether oxygens (including phenoxy) is 1. The van der Waals surface area contributed by atoms with Crippen LogP contribution in [0.3, 0.4) is 0 Å². The standard InChI is InChI=1S/C22H32N6O3S/c1-16-7-8-18(19(13-16)28-9-5-4-6-10-28)25-20(29)26-21-23-14-17(32-21)15-24-22(30)31-12-11-27(2)3/h7-8,13-14H,4-6,9-12,15H2,1-3H3,(H,24,30)(H2,23,25,26,29). The van der Waals surface area contributed by atoms with Crippen LogP contribution in [0.15, 0.2) is 24.4 Å². The Labute approximate surface area is 193 Å². The third-order valence-electron chi connectivity index (χ3n) is 5.05. The molecule has 0 bridgehead atoms. The third-order valence-corrected chi connectivity index (χ3v) is 5.96. The first-order valence-electron chi connectivity index (χ1n) is 10.8.